The average molecular weight is 526 g/mol. The highest BCUT2D eigenvalue weighted by Gasteiger charge is 2.24. The fourth-order valence-corrected chi connectivity index (χ4v) is 2.90. The fraction of sp³-hybridized carbons (Fsp3) is 0.579. The van der Waals surface area contributed by atoms with E-state index in [1.54, 1.807) is 37.1 Å². The quantitative estimate of drug-likeness (QED) is 0.324. The average Bonchev–Trinajstić information content (AvgIpc) is 2.70. The van der Waals surface area contributed by atoms with Crippen LogP contribution in [0.3, 0.4) is 0 Å². The summed E-state index contributed by atoms with van der Waals surface area (Å²) < 4.78 is 34.6. The minimum Gasteiger partial charge on any atom is -0.488 e. The highest BCUT2D eigenvalue weighted by atomic mass is 127. The number of halogens is 3. The Morgan fingerprint density at radius 2 is 2.07 bits per heavy atom. The van der Waals surface area contributed by atoms with Gasteiger partial charge in [0.2, 0.25) is 0 Å². The zero-order chi connectivity index (χ0) is 20.4. The number of piperidine rings is 1. The summed E-state index contributed by atoms with van der Waals surface area (Å²) in [7, 11) is 1.69. The number of guanidine groups is 1. The summed E-state index contributed by atoms with van der Waals surface area (Å²) in [6.07, 6.45) is -1.16. The third kappa shape index (κ3) is 9.01. The molecule has 1 aromatic carbocycles. The molecule has 1 amide bonds. The predicted molar refractivity (Wildman–Crippen MR) is 118 cm³/mol. The highest BCUT2D eigenvalue weighted by Crippen LogP contribution is 2.14. The molecule has 0 saturated carbocycles. The van der Waals surface area contributed by atoms with Gasteiger partial charge in [0.1, 0.15) is 12.4 Å². The first-order chi connectivity index (χ1) is 13.5. The van der Waals surface area contributed by atoms with Gasteiger partial charge >= 0.3 is 6.09 Å². The lowest BCUT2D eigenvalue weighted by Gasteiger charge is -2.32. The van der Waals surface area contributed by atoms with Crippen molar-refractivity contribution in [3.63, 3.8) is 0 Å². The molecule has 2 N–H and O–H groups in total. The number of alkyl halides is 2. The molecule has 0 atom stereocenters. The van der Waals surface area contributed by atoms with Crippen molar-refractivity contribution in [2.45, 2.75) is 38.8 Å². The summed E-state index contributed by atoms with van der Waals surface area (Å²) in [6.45, 7) is 3.30. The summed E-state index contributed by atoms with van der Waals surface area (Å²) in [5.74, 6) is 1.06. The number of carbonyl (C=O) groups excluding carboxylic acids is 1. The molecular formula is C19H29F2IN4O3. The molecule has 1 aliphatic heterocycles. The smallest absolute Gasteiger partial charge is 0.409 e. The van der Waals surface area contributed by atoms with E-state index in [-0.39, 0.29) is 36.1 Å². The number of benzene rings is 1. The Balaban J connectivity index is 0.00000420. The summed E-state index contributed by atoms with van der Waals surface area (Å²) in [5.41, 5.74) is 0.895. The third-order valence-corrected chi connectivity index (χ3v) is 4.32. The zero-order valence-corrected chi connectivity index (χ0v) is 19.0. The second-order valence-corrected chi connectivity index (χ2v) is 6.38. The summed E-state index contributed by atoms with van der Waals surface area (Å²) in [4.78, 5) is 17.7. The van der Waals surface area contributed by atoms with E-state index in [4.69, 9.17) is 9.47 Å². The van der Waals surface area contributed by atoms with E-state index in [1.807, 2.05) is 6.07 Å². The lowest BCUT2D eigenvalue weighted by Crippen LogP contribution is -2.49. The van der Waals surface area contributed by atoms with Crippen molar-refractivity contribution in [3.8, 4) is 5.75 Å². The van der Waals surface area contributed by atoms with Crippen LogP contribution >= 0.6 is 24.0 Å². The highest BCUT2D eigenvalue weighted by molar-refractivity contribution is 14.0. The van der Waals surface area contributed by atoms with E-state index in [9.17, 15) is 13.6 Å². The molecule has 1 heterocycles. The number of hydrogen-bond acceptors (Lipinski definition) is 4. The van der Waals surface area contributed by atoms with Crippen molar-refractivity contribution < 1.29 is 23.0 Å². The van der Waals surface area contributed by atoms with Gasteiger partial charge in [-0.3, -0.25) is 4.99 Å². The first-order valence-electron chi connectivity index (χ1n) is 9.40. The molecule has 164 valence electrons. The van der Waals surface area contributed by atoms with Crippen molar-refractivity contribution >= 4 is 36.0 Å². The number of carbonyl (C=O) groups is 1. The minimum absolute atomic E-state index is 0. The van der Waals surface area contributed by atoms with Crippen LogP contribution in [0, 0.1) is 0 Å². The van der Waals surface area contributed by atoms with Crippen molar-refractivity contribution in [3.05, 3.63) is 29.8 Å². The van der Waals surface area contributed by atoms with E-state index in [1.165, 1.54) is 0 Å². The Kier molecular flexibility index (Phi) is 11.6. The number of nitrogens with zero attached hydrogens (tertiary/aromatic N) is 2. The van der Waals surface area contributed by atoms with Crippen LogP contribution in [0.5, 0.6) is 5.75 Å². The molecule has 1 fully saturated rings. The van der Waals surface area contributed by atoms with Gasteiger partial charge in [-0.25, -0.2) is 13.6 Å². The summed E-state index contributed by atoms with van der Waals surface area (Å²) >= 11 is 0. The molecule has 29 heavy (non-hydrogen) atoms. The SMILES string of the molecule is CCOC(=O)N1CCC(NC(=NC)NCc2cccc(OCC(F)F)c2)CC1.I. The molecule has 0 aliphatic carbocycles. The Bertz CT molecular complexity index is 656. The Hall–Kier alpha value is -1.85. The number of rotatable bonds is 7. The van der Waals surface area contributed by atoms with Crippen molar-refractivity contribution in [1.82, 2.24) is 15.5 Å². The number of aliphatic imine (C=N–C) groups is 1. The second kappa shape index (κ2) is 13.4. The van der Waals surface area contributed by atoms with E-state index in [2.05, 4.69) is 15.6 Å². The van der Waals surface area contributed by atoms with Crippen LogP contribution in [-0.2, 0) is 11.3 Å². The van der Waals surface area contributed by atoms with Crippen LogP contribution in [0.2, 0.25) is 0 Å². The Morgan fingerprint density at radius 1 is 1.34 bits per heavy atom. The third-order valence-electron chi connectivity index (χ3n) is 4.32. The van der Waals surface area contributed by atoms with Crippen LogP contribution in [0.15, 0.2) is 29.3 Å². The lowest BCUT2D eigenvalue weighted by atomic mass is 10.1. The van der Waals surface area contributed by atoms with Crippen molar-refractivity contribution in [2.24, 2.45) is 4.99 Å². The first kappa shape index (κ1) is 25.2. The van der Waals surface area contributed by atoms with Gasteiger partial charge in [-0.15, -0.1) is 24.0 Å². The van der Waals surface area contributed by atoms with Gasteiger partial charge in [-0.2, -0.15) is 0 Å². The molecule has 0 spiro atoms. The molecule has 0 bridgehead atoms. The predicted octanol–water partition coefficient (Wildman–Crippen LogP) is 3.23. The molecule has 0 aromatic heterocycles. The lowest BCUT2D eigenvalue weighted by molar-refractivity contribution is 0.0818. The maximum Gasteiger partial charge on any atom is 0.409 e. The van der Waals surface area contributed by atoms with Crippen LogP contribution in [-0.4, -0.2) is 62.8 Å². The number of nitrogens with one attached hydrogen (secondary N) is 2. The number of likely N-dealkylation sites (tertiary alicyclic amines) is 1. The molecule has 2 rings (SSSR count). The van der Waals surface area contributed by atoms with Gasteiger partial charge in [-0.1, -0.05) is 12.1 Å². The maximum atomic E-state index is 12.3. The van der Waals surface area contributed by atoms with Gasteiger partial charge in [-0.05, 0) is 37.5 Å². The molecule has 0 unspecified atom stereocenters. The minimum atomic E-state index is -2.50. The number of hydrogen-bond donors (Lipinski definition) is 2. The van der Waals surface area contributed by atoms with Gasteiger partial charge in [0, 0.05) is 32.7 Å². The van der Waals surface area contributed by atoms with E-state index < -0.39 is 13.0 Å². The molecule has 1 aliphatic rings. The standard InChI is InChI=1S/C19H28F2N4O3.HI/c1-3-27-19(26)25-9-7-15(8-10-25)24-18(22-2)23-12-14-5-4-6-16(11-14)28-13-17(20)21;/h4-6,11,15,17H,3,7-10,12-13H2,1-2H3,(H2,22,23,24);1H. The number of ether oxygens (including phenoxy) is 2. The monoisotopic (exact) mass is 526 g/mol. The summed E-state index contributed by atoms with van der Waals surface area (Å²) in [5, 5.41) is 6.56. The van der Waals surface area contributed by atoms with Crippen molar-refractivity contribution in [2.75, 3.05) is 33.4 Å². The Labute approximate surface area is 187 Å². The second-order valence-electron chi connectivity index (χ2n) is 6.38. The van der Waals surface area contributed by atoms with Gasteiger partial charge in [0.25, 0.3) is 6.43 Å². The van der Waals surface area contributed by atoms with Crippen LogP contribution in [0.4, 0.5) is 13.6 Å². The largest absolute Gasteiger partial charge is 0.488 e. The normalized spacial score (nSPS) is 14.9. The fourth-order valence-electron chi connectivity index (χ4n) is 2.90. The summed E-state index contributed by atoms with van der Waals surface area (Å²) in [6, 6.07) is 7.22. The van der Waals surface area contributed by atoms with E-state index in [0.717, 1.165) is 18.4 Å². The molecule has 0 radical (unpaired) electrons. The van der Waals surface area contributed by atoms with Crippen LogP contribution in [0.25, 0.3) is 0 Å². The zero-order valence-electron chi connectivity index (χ0n) is 16.7. The van der Waals surface area contributed by atoms with Crippen molar-refractivity contribution in [1.29, 1.82) is 0 Å². The van der Waals surface area contributed by atoms with Crippen LogP contribution < -0.4 is 15.4 Å². The number of amides is 1. The van der Waals surface area contributed by atoms with Crippen LogP contribution in [0.1, 0.15) is 25.3 Å². The van der Waals surface area contributed by atoms with Gasteiger partial charge in [0.15, 0.2) is 5.96 Å². The topological polar surface area (TPSA) is 75.2 Å². The molecule has 7 nitrogen and oxygen atoms in total. The molecule has 1 saturated heterocycles. The molecular weight excluding hydrogens is 497 g/mol. The van der Waals surface area contributed by atoms with Gasteiger partial charge < -0.3 is 25.0 Å². The van der Waals surface area contributed by atoms with Gasteiger partial charge in [0.05, 0.1) is 6.61 Å². The Morgan fingerprint density at radius 3 is 2.69 bits per heavy atom. The van der Waals surface area contributed by atoms with E-state index in [0.29, 0.717) is 38.0 Å². The first-order valence-corrected chi connectivity index (χ1v) is 9.40. The molecule has 10 heteroatoms. The van der Waals surface area contributed by atoms with E-state index >= 15 is 0 Å². The molecule has 1 aromatic rings. The maximum absolute atomic E-state index is 12.3.